The molecule has 0 unspecified atom stereocenters. The number of hydrogen-bond donors (Lipinski definition) is 3. The average Bonchev–Trinajstić information content (AvgIpc) is 2.90. The second-order valence-electron chi connectivity index (χ2n) is 3.97. The molecule has 22 heavy (non-hydrogen) atoms. The van der Waals surface area contributed by atoms with Gasteiger partial charge in [0.25, 0.3) is 0 Å². The normalized spacial score (nSPS) is 10.2. The number of hydrogen-bond acceptors (Lipinski definition) is 9. The quantitative estimate of drug-likeness (QED) is 0.549. The summed E-state index contributed by atoms with van der Waals surface area (Å²) in [4.78, 5) is 23.1. The Hall–Kier alpha value is -2.33. The molecule has 10 heteroatoms. The van der Waals surface area contributed by atoms with Crippen LogP contribution in [0.4, 0.5) is 10.8 Å². The lowest BCUT2D eigenvalue weighted by Gasteiger charge is -2.07. The van der Waals surface area contributed by atoms with Crippen molar-refractivity contribution in [3.05, 3.63) is 23.8 Å². The largest absolute Gasteiger partial charge is 0.507 e. The van der Waals surface area contributed by atoms with Crippen molar-refractivity contribution in [3.8, 4) is 5.75 Å². The van der Waals surface area contributed by atoms with E-state index in [4.69, 9.17) is 5.73 Å². The summed E-state index contributed by atoms with van der Waals surface area (Å²) >= 11 is 2.39. The maximum Gasteiger partial charge on any atom is 0.341 e. The number of nitrogen functional groups attached to an aromatic ring is 1. The fourth-order valence-electron chi connectivity index (χ4n) is 1.50. The van der Waals surface area contributed by atoms with E-state index >= 15 is 0 Å². The van der Waals surface area contributed by atoms with Crippen LogP contribution in [0, 0.1) is 0 Å². The molecule has 8 nitrogen and oxygen atoms in total. The minimum Gasteiger partial charge on any atom is -0.507 e. The summed E-state index contributed by atoms with van der Waals surface area (Å²) < 4.78 is 5.11. The molecule has 2 aromatic rings. The standard InChI is InChI=1S/C12H12N4O4S2/c1-20-10(19)7-3-2-6(4-8(7)17)14-9(18)5-21-12-16-15-11(13)22-12/h2-4,17H,5H2,1H3,(H2,13,15)(H,14,18). The molecule has 0 saturated heterocycles. The zero-order valence-corrected chi connectivity index (χ0v) is 13.0. The number of phenols is 1. The molecule has 116 valence electrons. The maximum absolute atomic E-state index is 11.8. The Kier molecular flexibility index (Phi) is 5.17. The van der Waals surface area contributed by atoms with Crippen LogP contribution in [0.1, 0.15) is 10.4 Å². The molecular formula is C12H12N4O4S2. The van der Waals surface area contributed by atoms with Crippen LogP contribution >= 0.6 is 23.1 Å². The topological polar surface area (TPSA) is 127 Å². The molecule has 1 aromatic carbocycles. The van der Waals surface area contributed by atoms with Crippen molar-refractivity contribution in [3.63, 3.8) is 0 Å². The van der Waals surface area contributed by atoms with Crippen molar-refractivity contribution < 1.29 is 19.4 Å². The highest BCUT2D eigenvalue weighted by Gasteiger charge is 2.13. The van der Waals surface area contributed by atoms with Crippen LogP contribution in [0.5, 0.6) is 5.75 Å². The Labute approximate surface area is 133 Å². The van der Waals surface area contributed by atoms with E-state index in [0.717, 1.165) is 0 Å². The molecule has 0 aliphatic heterocycles. The Morgan fingerprint density at radius 3 is 2.82 bits per heavy atom. The van der Waals surface area contributed by atoms with Gasteiger partial charge in [0.15, 0.2) is 4.34 Å². The van der Waals surface area contributed by atoms with Crippen molar-refractivity contribution in [1.29, 1.82) is 0 Å². The second-order valence-corrected chi connectivity index (χ2v) is 6.20. The maximum atomic E-state index is 11.8. The van der Waals surface area contributed by atoms with Gasteiger partial charge in [-0.15, -0.1) is 10.2 Å². The second kappa shape index (κ2) is 7.09. The number of aromatic hydroxyl groups is 1. The van der Waals surface area contributed by atoms with Crippen LogP contribution in [0.3, 0.4) is 0 Å². The molecule has 0 saturated carbocycles. The first kappa shape index (κ1) is 16.0. The number of nitrogens with two attached hydrogens (primary N) is 1. The zero-order valence-electron chi connectivity index (χ0n) is 11.4. The van der Waals surface area contributed by atoms with Gasteiger partial charge in [-0.05, 0) is 12.1 Å². The van der Waals surface area contributed by atoms with Crippen LogP contribution < -0.4 is 11.1 Å². The fourth-order valence-corrected chi connectivity index (χ4v) is 2.93. The number of esters is 1. The molecule has 1 aromatic heterocycles. The number of carbonyl (C=O) groups is 2. The summed E-state index contributed by atoms with van der Waals surface area (Å²) in [6, 6.07) is 4.14. The third-order valence-electron chi connectivity index (χ3n) is 2.44. The Morgan fingerprint density at radius 2 is 2.23 bits per heavy atom. The number of rotatable bonds is 5. The fraction of sp³-hybridized carbons (Fsp3) is 0.167. The van der Waals surface area contributed by atoms with Gasteiger partial charge in [0.1, 0.15) is 11.3 Å². The van der Waals surface area contributed by atoms with Gasteiger partial charge in [-0.25, -0.2) is 4.79 Å². The highest BCUT2D eigenvalue weighted by atomic mass is 32.2. The third kappa shape index (κ3) is 4.09. The van der Waals surface area contributed by atoms with Crippen molar-refractivity contribution in [2.24, 2.45) is 0 Å². The van der Waals surface area contributed by atoms with Crippen molar-refractivity contribution in [1.82, 2.24) is 10.2 Å². The number of aromatic nitrogens is 2. The van der Waals surface area contributed by atoms with E-state index in [1.54, 1.807) is 0 Å². The predicted octanol–water partition coefficient (Wildman–Crippen LogP) is 1.34. The van der Waals surface area contributed by atoms with E-state index in [0.29, 0.717) is 15.2 Å². The van der Waals surface area contributed by atoms with E-state index in [-0.39, 0.29) is 23.0 Å². The van der Waals surface area contributed by atoms with E-state index in [1.165, 1.54) is 48.4 Å². The van der Waals surface area contributed by atoms with Crippen LogP contribution in [0.25, 0.3) is 0 Å². The summed E-state index contributed by atoms with van der Waals surface area (Å²) in [7, 11) is 1.22. The number of benzene rings is 1. The number of carbonyl (C=O) groups excluding carboxylic acids is 2. The van der Waals surface area contributed by atoms with Gasteiger partial charge in [-0.1, -0.05) is 23.1 Å². The Morgan fingerprint density at radius 1 is 1.45 bits per heavy atom. The number of nitrogens with zero attached hydrogens (tertiary/aromatic N) is 2. The lowest BCUT2D eigenvalue weighted by molar-refractivity contribution is -0.113. The first-order valence-electron chi connectivity index (χ1n) is 5.92. The summed E-state index contributed by atoms with van der Waals surface area (Å²) in [5.41, 5.74) is 5.84. The SMILES string of the molecule is COC(=O)c1ccc(NC(=O)CSc2nnc(N)s2)cc1O. The van der Waals surface area contributed by atoms with Gasteiger partial charge < -0.3 is 20.9 Å². The summed E-state index contributed by atoms with van der Waals surface area (Å²) in [5, 5.41) is 20.1. The smallest absolute Gasteiger partial charge is 0.341 e. The highest BCUT2D eigenvalue weighted by molar-refractivity contribution is 8.01. The summed E-state index contributed by atoms with van der Waals surface area (Å²) in [5.74, 6) is -1.09. The summed E-state index contributed by atoms with van der Waals surface area (Å²) in [6.45, 7) is 0. The number of amides is 1. The molecule has 0 radical (unpaired) electrons. The third-order valence-corrected chi connectivity index (χ3v) is 4.32. The van der Waals surface area contributed by atoms with Gasteiger partial charge in [0.2, 0.25) is 11.0 Å². The monoisotopic (exact) mass is 340 g/mol. The van der Waals surface area contributed by atoms with Gasteiger partial charge in [0.05, 0.1) is 12.9 Å². The minimum absolute atomic E-state index is 0.0270. The molecule has 0 atom stereocenters. The van der Waals surface area contributed by atoms with Crippen LogP contribution in [0.15, 0.2) is 22.5 Å². The van der Waals surface area contributed by atoms with E-state index < -0.39 is 5.97 Å². The lowest BCUT2D eigenvalue weighted by Crippen LogP contribution is -2.14. The molecule has 2 rings (SSSR count). The van der Waals surface area contributed by atoms with Crippen molar-refractivity contribution >= 4 is 45.8 Å². The van der Waals surface area contributed by atoms with Crippen molar-refractivity contribution in [2.75, 3.05) is 23.9 Å². The number of nitrogens with one attached hydrogen (secondary N) is 1. The number of methoxy groups -OCH3 is 1. The highest BCUT2D eigenvalue weighted by Crippen LogP contribution is 2.25. The van der Waals surface area contributed by atoms with Crippen LogP contribution in [-0.4, -0.2) is 40.0 Å². The van der Waals surface area contributed by atoms with Crippen molar-refractivity contribution in [2.45, 2.75) is 4.34 Å². The van der Waals surface area contributed by atoms with E-state index in [9.17, 15) is 14.7 Å². The average molecular weight is 340 g/mol. The van der Waals surface area contributed by atoms with Crippen LogP contribution in [-0.2, 0) is 9.53 Å². The van der Waals surface area contributed by atoms with E-state index in [2.05, 4.69) is 20.3 Å². The molecule has 4 N–H and O–H groups in total. The number of ether oxygens (including phenoxy) is 1. The first-order chi connectivity index (χ1) is 10.5. The number of phenolic OH excluding ortho intramolecular Hbond substituents is 1. The lowest BCUT2D eigenvalue weighted by atomic mass is 10.2. The molecular weight excluding hydrogens is 328 g/mol. The molecule has 0 aliphatic carbocycles. The van der Waals surface area contributed by atoms with Gasteiger partial charge in [-0.3, -0.25) is 4.79 Å². The van der Waals surface area contributed by atoms with Gasteiger partial charge in [-0.2, -0.15) is 0 Å². The molecule has 0 aliphatic rings. The molecule has 0 fully saturated rings. The molecule has 0 bridgehead atoms. The van der Waals surface area contributed by atoms with Gasteiger partial charge in [0, 0.05) is 11.8 Å². The zero-order chi connectivity index (χ0) is 16.1. The first-order valence-corrected chi connectivity index (χ1v) is 7.72. The Bertz CT molecular complexity index is 704. The summed E-state index contributed by atoms with van der Waals surface area (Å²) in [6.07, 6.45) is 0. The predicted molar refractivity (Wildman–Crippen MR) is 83.1 cm³/mol. The number of thioether (sulfide) groups is 1. The number of anilines is 2. The van der Waals surface area contributed by atoms with E-state index in [1.807, 2.05) is 0 Å². The molecule has 1 amide bonds. The van der Waals surface area contributed by atoms with Gasteiger partial charge >= 0.3 is 5.97 Å². The van der Waals surface area contributed by atoms with Crippen LogP contribution in [0.2, 0.25) is 0 Å². The Balaban J connectivity index is 1.94. The molecule has 0 spiro atoms. The minimum atomic E-state index is -0.653. The molecule has 1 heterocycles.